The molecular weight excluding hydrogens is 262 g/mol. The summed E-state index contributed by atoms with van der Waals surface area (Å²) in [6.07, 6.45) is 0. The zero-order chi connectivity index (χ0) is 11.3. The fourth-order valence-electron chi connectivity index (χ4n) is 0.883. The lowest BCUT2D eigenvalue weighted by atomic mass is 10.2. The molecular formula is C10H8BrNO3. The van der Waals surface area contributed by atoms with Gasteiger partial charge in [-0.2, -0.15) is 5.26 Å². The summed E-state index contributed by atoms with van der Waals surface area (Å²) < 4.78 is 10.2. The summed E-state index contributed by atoms with van der Waals surface area (Å²) in [5.74, 6) is 0.0469. The van der Waals surface area contributed by atoms with E-state index in [9.17, 15) is 4.79 Å². The topological polar surface area (TPSA) is 59.3 Å². The third-order valence-electron chi connectivity index (χ3n) is 1.63. The molecule has 0 fully saturated rings. The van der Waals surface area contributed by atoms with E-state index in [1.807, 2.05) is 6.07 Å². The largest absolute Gasteiger partial charge is 0.481 e. The Morgan fingerprint density at radius 3 is 2.87 bits per heavy atom. The fourth-order valence-corrected chi connectivity index (χ4v) is 1.38. The van der Waals surface area contributed by atoms with Crippen molar-refractivity contribution < 1.29 is 14.3 Å². The third kappa shape index (κ3) is 3.26. The minimum absolute atomic E-state index is 0.152. The molecule has 0 aliphatic carbocycles. The van der Waals surface area contributed by atoms with Crippen LogP contribution in [0, 0.1) is 11.3 Å². The van der Waals surface area contributed by atoms with E-state index in [0.29, 0.717) is 15.8 Å². The number of ether oxygens (including phenoxy) is 2. The van der Waals surface area contributed by atoms with Gasteiger partial charge in [0, 0.05) is 0 Å². The van der Waals surface area contributed by atoms with Gasteiger partial charge < -0.3 is 9.47 Å². The number of hydrogen-bond donors (Lipinski definition) is 0. The molecule has 0 aliphatic heterocycles. The third-order valence-corrected chi connectivity index (χ3v) is 2.25. The fraction of sp³-hybridized carbons (Fsp3) is 0.200. The van der Waals surface area contributed by atoms with Crippen molar-refractivity contribution in [2.24, 2.45) is 0 Å². The highest BCUT2D eigenvalue weighted by Crippen LogP contribution is 2.25. The van der Waals surface area contributed by atoms with Crippen molar-refractivity contribution in [3.63, 3.8) is 0 Å². The molecule has 0 aromatic heterocycles. The molecule has 78 valence electrons. The summed E-state index contributed by atoms with van der Waals surface area (Å²) in [5.41, 5.74) is 0.521. The normalized spacial score (nSPS) is 9.13. The lowest BCUT2D eigenvalue weighted by Gasteiger charge is -2.06. The highest BCUT2D eigenvalue weighted by molar-refractivity contribution is 9.10. The van der Waals surface area contributed by atoms with Crippen molar-refractivity contribution in [3.8, 4) is 11.8 Å². The van der Waals surface area contributed by atoms with Crippen molar-refractivity contribution in [2.45, 2.75) is 0 Å². The molecule has 1 aromatic carbocycles. The van der Waals surface area contributed by atoms with Gasteiger partial charge in [0.15, 0.2) is 6.61 Å². The Hall–Kier alpha value is -1.54. The quantitative estimate of drug-likeness (QED) is 0.787. The average molecular weight is 270 g/mol. The van der Waals surface area contributed by atoms with Crippen molar-refractivity contribution in [3.05, 3.63) is 28.2 Å². The van der Waals surface area contributed by atoms with Gasteiger partial charge in [-0.3, -0.25) is 0 Å². The summed E-state index contributed by atoms with van der Waals surface area (Å²) in [5, 5.41) is 8.62. The molecule has 0 saturated carbocycles. The Morgan fingerprint density at radius 2 is 2.33 bits per heavy atom. The first-order valence-corrected chi connectivity index (χ1v) is 4.86. The van der Waals surface area contributed by atoms with Crippen molar-refractivity contribution in [1.29, 1.82) is 5.26 Å². The van der Waals surface area contributed by atoms with Crippen LogP contribution >= 0.6 is 15.9 Å². The highest BCUT2D eigenvalue weighted by atomic mass is 79.9. The van der Waals surface area contributed by atoms with E-state index in [2.05, 4.69) is 20.7 Å². The molecule has 0 unspecified atom stereocenters. The second kappa shape index (κ2) is 5.37. The Labute approximate surface area is 95.5 Å². The number of halogens is 1. The average Bonchev–Trinajstić information content (AvgIpc) is 2.26. The van der Waals surface area contributed by atoms with E-state index in [-0.39, 0.29) is 6.61 Å². The Kier molecular flexibility index (Phi) is 4.13. The van der Waals surface area contributed by atoms with Gasteiger partial charge in [-0.15, -0.1) is 0 Å². The van der Waals surface area contributed by atoms with Crippen LogP contribution in [0.2, 0.25) is 0 Å². The Bertz CT molecular complexity index is 412. The summed E-state index contributed by atoms with van der Waals surface area (Å²) in [6.45, 7) is -0.152. The molecule has 1 rings (SSSR count). The maximum Gasteiger partial charge on any atom is 0.343 e. The van der Waals surface area contributed by atoms with Gasteiger partial charge in [0.25, 0.3) is 0 Å². The smallest absolute Gasteiger partial charge is 0.343 e. The van der Waals surface area contributed by atoms with Crippen molar-refractivity contribution in [1.82, 2.24) is 0 Å². The monoisotopic (exact) mass is 269 g/mol. The summed E-state index contributed by atoms with van der Waals surface area (Å²) in [7, 11) is 1.29. The zero-order valence-electron chi connectivity index (χ0n) is 7.99. The summed E-state index contributed by atoms with van der Waals surface area (Å²) in [6, 6.07) is 6.84. The maximum atomic E-state index is 10.8. The van der Waals surface area contributed by atoms with Crippen LogP contribution in [0.15, 0.2) is 22.7 Å². The highest BCUT2D eigenvalue weighted by Gasteiger charge is 2.05. The number of hydrogen-bond acceptors (Lipinski definition) is 4. The van der Waals surface area contributed by atoms with Crippen LogP contribution in [0.4, 0.5) is 0 Å². The van der Waals surface area contributed by atoms with E-state index in [1.54, 1.807) is 18.2 Å². The number of nitriles is 1. The molecule has 4 nitrogen and oxygen atoms in total. The van der Waals surface area contributed by atoms with Gasteiger partial charge in [-0.1, -0.05) is 0 Å². The molecule has 0 aliphatic rings. The van der Waals surface area contributed by atoms with Crippen LogP contribution in [0.1, 0.15) is 5.56 Å². The van der Waals surface area contributed by atoms with E-state index < -0.39 is 5.97 Å². The molecule has 0 amide bonds. The van der Waals surface area contributed by atoms with Gasteiger partial charge in [0.05, 0.1) is 23.2 Å². The minimum Gasteiger partial charge on any atom is -0.481 e. The lowest BCUT2D eigenvalue weighted by Crippen LogP contribution is -2.12. The minimum atomic E-state index is -0.453. The molecule has 0 saturated heterocycles. The number of methoxy groups -OCH3 is 1. The van der Waals surface area contributed by atoms with Crippen LogP contribution in [-0.2, 0) is 9.53 Å². The van der Waals surface area contributed by atoms with Crippen LogP contribution in [0.3, 0.4) is 0 Å². The van der Waals surface area contributed by atoms with Crippen LogP contribution in [-0.4, -0.2) is 19.7 Å². The van der Waals surface area contributed by atoms with Gasteiger partial charge in [0.2, 0.25) is 0 Å². The second-order valence-electron chi connectivity index (χ2n) is 2.62. The number of benzene rings is 1. The second-order valence-corrected chi connectivity index (χ2v) is 3.48. The maximum absolute atomic E-state index is 10.8. The first-order valence-electron chi connectivity index (χ1n) is 4.06. The molecule has 0 spiro atoms. The van der Waals surface area contributed by atoms with Crippen LogP contribution in [0.5, 0.6) is 5.75 Å². The van der Waals surface area contributed by atoms with Crippen LogP contribution in [0.25, 0.3) is 0 Å². The number of carbonyl (C=O) groups excluding carboxylic acids is 1. The standard InChI is InChI=1S/C10H8BrNO3/c1-14-10(13)6-15-9-3-2-7(5-12)4-8(9)11/h2-4H,6H2,1H3. The molecule has 0 atom stereocenters. The van der Waals surface area contributed by atoms with E-state index in [4.69, 9.17) is 10.00 Å². The van der Waals surface area contributed by atoms with Gasteiger partial charge in [0.1, 0.15) is 5.75 Å². The number of nitrogens with zero attached hydrogens (tertiary/aromatic N) is 1. The van der Waals surface area contributed by atoms with Crippen LogP contribution < -0.4 is 4.74 Å². The summed E-state index contributed by atoms with van der Waals surface area (Å²) in [4.78, 5) is 10.8. The molecule has 0 N–H and O–H groups in total. The number of rotatable bonds is 3. The van der Waals surface area contributed by atoms with Gasteiger partial charge >= 0.3 is 5.97 Å². The first kappa shape index (κ1) is 11.5. The SMILES string of the molecule is COC(=O)COc1ccc(C#N)cc1Br. The molecule has 1 aromatic rings. The predicted octanol–water partition coefficient (Wildman–Crippen LogP) is 1.87. The van der Waals surface area contributed by atoms with E-state index in [0.717, 1.165) is 0 Å². The molecule has 0 heterocycles. The summed E-state index contributed by atoms with van der Waals surface area (Å²) >= 11 is 3.23. The molecule has 0 bridgehead atoms. The zero-order valence-corrected chi connectivity index (χ0v) is 9.58. The Balaban J connectivity index is 2.71. The molecule has 0 radical (unpaired) electrons. The van der Waals surface area contributed by atoms with E-state index in [1.165, 1.54) is 7.11 Å². The van der Waals surface area contributed by atoms with Crippen molar-refractivity contribution in [2.75, 3.05) is 13.7 Å². The van der Waals surface area contributed by atoms with E-state index >= 15 is 0 Å². The number of carbonyl (C=O) groups is 1. The molecule has 5 heteroatoms. The number of esters is 1. The predicted molar refractivity (Wildman–Crippen MR) is 56.4 cm³/mol. The van der Waals surface area contributed by atoms with Crippen molar-refractivity contribution >= 4 is 21.9 Å². The Morgan fingerprint density at radius 1 is 1.60 bits per heavy atom. The lowest BCUT2D eigenvalue weighted by molar-refractivity contribution is -0.142. The van der Waals surface area contributed by atoms with Gasteiger partial charge in [-0.25, -0.2) is 4.79 Å². The van der Waals surface area contributed by atoms with Gasteiger partial charge in [-0.05, 0) is 34.1 Å². The molecule has 15 heavy (non-hydrogen) atoms. The first-order chi connectivity index (χ1) is 7.17.